The van der Waals surface area contributed by atoms with Gasteiger partial charge in [0.2, 0.25) is 0 Å². The lowest BCUT2D eigenvalue weighted by Crippen LogP contribution is -2.13. The van der Waals surface area contributed by atoms with Crippen LogP contribution >= 0.6 is 0 Å². The minimum Gasteiger partial charge on any atom is -0.385 e. The standard InChI is InChI=1S/C18H24N2/c1-5-19-16-11-15(12-9-10-12)20-17-13(16)7-6-8-14(17)18(2,3)4/h6-8,11-12H,5,9-10H2,1-4H3,(H,19,20). The maximum atomic E-state index is 5.01. The Morgan fingerprint density at radius 2 is 2.00 bits per heavy atom. The van der Waals surface area contributed by atoms with E-state index in [9.17, 15) is 0 Å². The maximum absolute atomic E-state index is 5.01. The minimum absolute atomic E-state index is 0.123. The third kappa shape index (κ3) is 2.39. The summed E-state index contributed by atoms with van der Waals surface area (Å²) in [6.07, 6.45) is 2.59. The Labute approximate surface area is 121 Å². The minimum atomic E-state index is 0.123. The van der Waals surface area contributed by atoms with E-state index in [1.54, 1.807) is 0 Å². The molecule has 0 aliphatic heterocycles. The molecule has 1 aromatic carbocycles. The second-order valence-corrected chi connectivity index (χ2v) is 6.85. The molecule has 1 N–H and O–H groups in total. The second kappa shape index (κ2) is 4.76. The monoisotopic (exact) mass is 268 g/mol. The van der Waals surface area contributed by atoms with Gasteiger partial charge in [0, 0.05) is 29.2 Å². The van der Waals surface area contributed by atoms with E-state index in [0.29, 0.717) is 5.92 Å². The fourth-order valence-electron chi connectivity index (χ4n) is 2.80. The maximum Gasteiger partial charge on any atom is 0.0763 e. The Hall–Kier alpha value is -1.57. The molecule has 0 bridgehead atoms. The molecule has 106 valence electrons. The van der Waals surface area contributed by atoms with Crippen LogP contribution in [0.2, 0.25) is 0 Å². The zero-order valence-corrected chi connectivity index (χ0v) is 13.0. The van der Waals surface area contributed by atoms with Crippen molar-refractivity contribution in [2.24, 2.45) is 0 Å². The zero-order chi connectivity index (χ0) is 14.3. The smallest absolute Gasteiger partial charge is 0.0763 e. The predicted molar refractivity (Wildman–Crippen MR) is 86.6 cm³/mol. The van der Waals surface area contributed by atoms with Gasteiger partial charge in [0.25, 0.3) is 0 Å². The molecule has 0 atom stereocenters. The van der Waals surface area contributed by atoms with Crippen molar-refractivity contribution >= 4 is 16.6 Å². The molecule has 0 spiro atoms. The van der Waals surface area contributed by atoms with E-state index in [0.717, 1.165) is 6.54 Å². The highest BCUT2D eigenvalue weighted by molar-refractivity contribution is 5.94. The van der Waals surface area contributed by atoms with Crippen LogP contribution in [0.15, 0.2) is 24.3 Å². The van der Waals surface area contributed by atoms with Gasteiger partial charge >= 0.3 is 0 Å². The molecule has 1 heterocycles. The number of benzene rings is 1. The summed E-state index contributed by atoms with van der Waals surface area (Å²) >= 11 is 0. The summed E-state index contributed by atoms with van der Waals surface area (Å²) < 4.78 is 0. The molecular weight excluding hydrogens is 244 g/mol. The normalized spacial score (nSPS) is 15.6. The average molecular weight is 268 g/mol. The first-order valence-corrected chi connectivity index (χ1v) is 7.68. The van der Waals surface area contributed by atoms with Gasteiger partial charge in [0.15, 0.2) is 0 Å². The third-order valence-corrected chi connectivity index (χ3v) is 4.03. The van der Waals surface area contributed by atoms with E-state index in [2.05, 4.69) is 57.3 Å². The molecule has 1 aliphatic rings. The van der Waals surface area contributed by atoms with E-state index in [1.807, 2.05) is 0 Å². The molecule has 3 rings (SSSR count). The van der Waals surface area contributed by atoms with Crippen molar-refractivity contribution in [3.8, 4) is 0 Å². The first kappa shape index (κ1) is 13.4. The molecule has 1 saturated carbocycles. The number of nitrogens with one attached hydrogen (secondary N) is 1. The van der Waals surface area contributed by atoms with Crippen LogP contribution in [0.5, 0.6) is 0 Å². The molecule has 2 nitrogen and oxygen atoms in total. The van der Waals surface area contributed by atoms with Crippen LogP contribution in [-0.2, 0) is 5.41 Å². The van der Waals surface area contributed by atoms with E-state index in [4.69, 9.17) is 4.98 Å². The summed E-state index contributed by atoms with van der Waals surface area (Å²) in [7, 11) is 0. The lowest BCUT2D eigenvalue weighted by atomic mass is 9.85. The van der Waals surface area contributed by atoms with Gasteiger partial charge in [-0.05, 0) is 36.8 Å². The van der Waals surface area contributed by atoms with Crippen molar-refractivity contribution in [3.05, 3.63) is 35.5 Å². The lowest BCUT2D eigenvalue weighted by molar-refractivity contribution is 0.594. The molecular formula is C18H24N2. The Bertz CT molecular complexity index is 634. The number of aromatic nitrogens is 1. The van der Waals surface area contributed by atoms with Crippen LogP contribution in [0.1, 0.15) is 57.7 Å². The Balaban J connectivity index is 2.27. The van der Waals surface area contributed by atoms with Crippen LogP contribution in [0.3, 0.4) is 0 Å². The number of fused-ring (bicyclic) bond motifs is 1. The number of nitrogens with zero attached hydrogens (tertiary/aromatic N) is 1. The van der Waals surface area contributed by atoms with E-state index in [1.165, 1.54) is 40.7 Å². The summed E-state index contributed by atoms with van der Waals surface area (Å²) in [5.41, 5.74) is 5.16. The van der Waals surface area contributed by atoms with Crippen LogP contribution in [0.25, 0.3) is 10.9 Å². The summed E-state index contributed by atoms with van der Waals surface area (Å²) in [4.78, 5) is 5.01. The largest absolute Gasteiger partial charge is 0.385 e. The van der Waals surface area contributed by atoms with Gasteiger partial charge in [-0.3, -0.25) is 4.98 Å². The number of rotatable bonds is 3. The van der Waals surface area contributed by atoms with Crippen molar-refractivity contribution in [2.75, 3.05) is 11.9 Å². The van der Waals surface area contributed by atoms with E-state index in [-0.39, 0.29) is 5.41 Å². The molecule has 2 heteroatoms. The fraction of sp³-hybridized carbons (Fsp3) is 0.500. The van der Waals surface area contributed by atoms with Crippen molar-refractivity contribution in [1.82, 2.24) is 4.98 Å². The lowest BCUT2D eigenvalue weighted by Gasteiger charge is -2.22. The summed E-state index contributed by atoms with van der Waals surface area (Å²) in [5, 5.41) is 4.77. The summed E-state index contributed by atoms with van der Waals surface area (Å²) in [5.74, 6) is 0.685. The Morgan fingerprint density at radius 1 is 1.25 bits per heavy atom. The highest BCUT2D eigenvalue weighted by Gasteiger charge is 2.27. The topological polar surface area (TPSA) is 24.9 Å². The van der Waals surface area contributed by atoms with Gasteiger partial charge in [-0.1, -0.05) is 39.0 Å². The summed E-state index contributed by atoms with van der Waals surface area (Å²) in [6, 6.07) is 8.83. The molecule has 0 amide bonds. The van der Waals surface area contributed by atoms with Crippen LogP contribution < -0.4 is 5.32 Å². The van der Waals surface area contributed by atoms with Gasteiger partial charge < -0.3 is 5.32 Å². The molecule has 0 saturated heterocycles. The van der Waals surface area contributed by atoms with Gasteiger partial charge in [-0.15, -0.1) is 0 Å². The Kier molecular flexibility index (Phi) is 3.19. The van der Waals surface area contributed by atoms with Gasteiger partial charge in [-0.2, -0.15) is 0 Å². The average Bonchev–Trinajstić information content (AvgIpc) is 3.21. The quantitative estimate of drug-likeness (QED) is 0.861. The van der Waals surface area contributed by atoms with Crippen molar-refractivity contribution in [1.29, 1.82) is 0 Å². The molecule has 0 unspecified atom stereocenters. The second-order valence-electron chi connectivity index (χ2n) is 6.85. The van der Waals surface area contributed by atoms with Gasteiger partial charge in [0.1, 0.15) is 0 Å². The van der Waals surface area contributed by atoms with Gasteiger partial charge in [-0.25, -0.2) is 0 Å². The molecule has 1 fully saturated rings. The molecule has 0 radical (unpaired) electrons. The Morgan fingerprint density at radius 3 is 2.60 bits per heavy atom. The summed E-state index contributed by atoms with van der Waals surface area (Å²) in [6.45, 7) is 9.89. The number of para-hydroxylation sites is 1. The number of hydrogen-bond donors (Lipinski definition) is 1. The van der Waals surface area contributed by atoms with Crippen LogP contribution in [0.4, 0.5) is 5.69 Å². The SMILES string of the molecule is CCNc1cc(C2CC2)nc2c(C(C)(C)C)cccc12. The fourth-order valence-corrected chi connectivity index (χ4v) is 2.80. The predicted octanol–water partition coefficient (Wildman–Crippen LogP) is 4.84. The van der Waals surface area contributed by atoms with Crippen LogP contribution in [0, 0.1) is 0 Å². The molecule has 20 heavy (non-hydrogen) atoms. The number of hydrogen-bond acceptors (Lipinski definition) is 2. The molecule has 1 aromatic heterocycles. The first-order chi connectivity index (χ1) is 9.50. The van der Waals surface area contributed by atoms with Crippen LogP contribution in [-0.4, -0.2) is 11.5 Å². The number of anilines is 1. The van der Waals surface area contributed by atoms with Gasteiger partial charge in [0.05, 0.1) is 5.52 Å². The highest BCUT2D eigenvalue weighted by Crippen LogP contribution is 2.42. The zero-order valence-electron chi connectivity index (χ0n) is 13.0. The molecule has 1 aliphatic carbocycles. The highest BCUT2D eigenvalue weighted by atomic mass is 14.9. The third-order valence-electron chi connectivity index (χ3n) is 4.03. The van der Waals surface area contributed by atoms with E-state index >= 15 is 0 Å². The number of pyridine rings is 1. The van der Waals surface area contributed by atoms with Crippen molar-refractivity contribution in [2.45, 2.75) is 51.9 Å². The van der Waals surface area contributed by atoms with Crippen molar-refractivity contribution in [3.63, 3.8) is 0 Å². The molecule has 2 aromatic rings. The first-order valence-electron chi connectivity index (χ1n) is 7.68. The van der Waals surface area contributed by atoms with E-state index < -0.39 is 0 Å². The van der Waals surface area contributed by atoms with Crippen molar-refractivity contribution < 1.29 is 0 Å².